The third-order valence-electron chi connectivity index (χ3n) is 1.44. The van der Waals surface area contributed by atoms with Crippen molar-refractivity contribution in [2.24, 2.45) is 0 Å². The smallest absolute Gasteiger partial charge is 0.300 e. The first kappa shape index (κ1) is 10.6. The maximum absolute atomic E-state index is 12.1. The molecule has 0 atom stereocenters. The molecule has 0 radical (unpaired) electrons. The molecule has 76 valence electrons. The largest absolute Gasteiger partial charge is 0.433 e. The summed E-state index contributed by atoms with van der Waals surface area (Å²) in [6.07, 6.45) is -3.79. The van der Waals surface area contributed by atoms with E-state index >= 15 is 0 Å². The molecule has 1 rings (SSSR count). The van der Waals surface area contributed by atoms with Crippen LogP contribution in [0.5, 0.6) is 0 Å². The number of halogens is 3. The first-order valence-electron chi connectivity index (χ1n) is 3.77. The molecule has 0 saturated carbocycles. The van der Waals surface area contributed by atoms with Gasteiger partial charge in [-0.1, -0.05) is 0 Å². The fraction of sp³-hybridized carbons (Fsp3) is 0.375. The van der Waals surface area contributed by atoms with Gasteiger partial charge in [0, 0.05) is 6.42 Å². The molecule has 0 N–H and O–H groups in total. The van der Waals surface area contributed by atoms with Crippen LogP contribution in [-0.4, -0.2) is 15.8 Å². The van der Waals surface area contributed by atoms with E-state index in [1.165, 1.54) is 6.92 Å². The summed E-state index contributed by atoms with van der Waals surface area (Å²) in [5.74, 6) is -0.239. The lowest BCUT2D eigenvalue weighted by Crippen LogP contribution is -2.10. The van der Waals surface area contributed by atoms with Crippen molar-refractivity contribution >= 4 is 5.78 Å². The van der Waals surface area contributed by atoms with Crippen LogP contribution in [0, 0.1) is 0 Å². The highest BCUT2D eigenvalue weighted by Crippen LogP contribution is 2.27. The Kier molecular flexibility index (Phi) is 2.83. The van der Waals surface area contributed by atoms with E-state index in [0.29, 0.717) is 0 Å². The van der Waals surface area contributed by atoms with Crippen LogP contribution < -0.4 is 0 Å². The van der Waals surface area contributed by atoms with Gasteiger partial charge in [0.15, 0.2) is 0 Å². The number of hydrogen-bond donors (Lipinski definition) is 0. The van der Waals surface area contributed by atoms with E-state index in [9.17, 15) is 18.0 Å². The summed E-state index contributed by atoms with van der Waals surface area (Å²) < 4.78 is 36.4. The van der Waals surface area contributed by atoms with Gasteiger partial charge in [-0.25, -0.2) is 9.97 Å². The van der Waals surface area contributed by atoms with Gasteiger partial charge in [-0.15, -0.1) is 0 Å². The Bertz CT molecular complexity index is 349. The van der Waals surface area contributed by atoms with Gasteiger partial charge >= 0.3 is 6.18 Å². The second kappa shape index (κ2) is 3.73. The number of nitrogens with zero attached hydrogens (tertiary/aromatic N) is 2. The number of hydrogen-bond acceptors (Lipinski definition) is 3. The molecule has 1 aromatic rings. The van der Waals surface area contributed by atoms with Crippen LogP contribution in [0.3, 0.4) is 0 Å². The molecule has 0 saturated heterocycles. The summed E-state index contributed by atoms with van der Waals surface area (Å²) in [4.78, 5) is 17.3. The third kappa shape index (κ3) is 2.79. The topological polar surface area (TPSA) is 42.9 Å². The highest BCUT2D eigenvalue weighted by atomic mass is 19.4. The normalized spacial score (nSPS) is 11.4. The van der Waals surface area contributed by atoms with Crippen molar-refractivity contribution in [1.29, 1.82) is 0 Å². The van der Waals surface area contributed by atoms with Gasteiger partial charge in [0.05, 0.1) is 5.69 Å². The Morgan fingerprint density at radius 1 is 1.43 bits per heavy atom. The van der Waals surface area contributed by atoms with E-state index < -0.39 is 11.9 Å². The molecule has 0 aliphatic heterocycles. The minimum Gasteiger partial charge on any atom is -0.300 e. The molecule has 1 aromatic heterocycles. The fourth-order valence-electron chi connectivity index (χ4n) is 0.904. The first-order chi connectivity index (χ1) is 6.39. The van der Waals surface area contributed by atoms with Crippen molar-refractivity contribution in [2.75, 3.05) is 0 Å². The van der Waals surface area contributed by atoms with Crippen molar-refractivity contribution in [3.05, 3.63) is 23.8 Å². The van der Waals surface area contributed by atoms with Gasteiger partial charge in [-0.3, -0.25) is 4.79 Å². The molecule has 0 spiro atoms. The van der Waals surface area contributed by atoms with Crippen LogP contribution in [0.2, 0.25) is 0 Å². The summed E-state index contributed by atoms with van der Waals surface area (Å²) in [6, 6.07) is 0.779. The molecule has 0 aliphatic rings. The van der Waals surface area contributed by atoms with Crippen LogP contribution in [0.4, 0.5) is 13.2 Å². The molecule has 0 aliphatic carbocycles. The van der Waals surface area contributed by atoms with Crippen molar-refractivity contribution in [1.82, 2.24) is 9.97 Å². The Morgan fingerprint density at radius 3 is 2.57 bits per heavy atom. The summed E-state index contributed by atoms with van der Waals surface area (Å²) in [5.41, 5.74) is -0.941. The minimum atomic E-state index is -4.49. The predicted molar refractivity (Wildman–Crippen MR) is 41.4 cm³/mol. The number of Topliss-reactive ketones (excluding diaryl/α,β-unsaturated/α-hetero) is 1. The molecule has 0 bridgehead atoms. The summed E-state index contributed by atoms with van der Waals surface area (Å²) in [7, 11) is 0. The zero-order chi connectivity index (χ0) is 10.8. The maximum atomic E-state index is 12.1. The molecule has 0 amide bonds. The van der Waals surface area contributed by atoms with Crippen LogP contribution in [0.1, 0.15) is 18.3 Å². The molecule has 0 aromatic carbocycles. The number of ketones is 1. The Morgan fingerprint density at radius 2 is 2.07 bits per heavy atom. The Labute approximate surface area is 78.0 Å². The van der Waals surface area contributed by atoms with Gasteiger partial charge < -0.3 is 0 Å². The van der Waals surface area contributed by atoms with Crippen LogP contribution in [0.25, 0.3) is 0 Å². The zero-order valence-corrected chi connectivity index (χ0v) is 7.30. The van der Waals surface area contributed by atoms with Crippen molar-refractivity contribution in [3.8, 4) is 0 Å². The highest BCUT2D eigenvalue weighted by Gasteiger charge is 2.32. The predicted octanol–water partition coefficient (Wildman–Crippen LogP) is 1.63. The number of carbonyl (C=O) groups is 1. The maximum Gasteiger partial charge on any atom is 0.433 e. The fourth-order valence-corrected chi connectivity index (χ4v) is 0.904. The van der Waals surface area contributed by atoms with Gasteiger partial charge in [0.1, 0.15) is 17.8 Å². The summed E-state index contributed by atoms with van der Waals surface area (Å²) in [6.45, 7) is 1.29. The lowest BCUT2D eigenvalue weighted by Gasteiger charge is -2.05. The van der Waals surface area contributed by atoms with Crippen molar-refractivity contribution < 1.29 is 18.0 Å². The minimum absolute atomic E-state index is 0.0832. The van der Waals surface area contributed by atoms with E-state index in [-0.39, 0.29) is 17.9 Å². The molecular formula is C8H7F3N2O. The lowest BCUT2D eigenvalue weighted by molar-refractivity contribution is -0.141. The molecule has 3 nitrogen and oxygen atoms in total. The van der Waals surface area contributed by atoms with Crippen molar-refractivity contribution in [2.45, 2.75) is 19.5 Å². The van der Waals surface area contributed by atoms with E-state index in [2.05, 4.69) is 9.97 Å². The van der Waals surface area contributed by atoms with Crippen LogP contribution in [-0.2, 0) is 17.4 Å². The van der Waals surface area contributed by atoms with Gasteiger partial charge in [0.2, 0.25) is 0 Å². The monoisotopic (exact) mass is 204 g/mol. The number of aromatic nitrogens is 2. The van der Waals surface area contributed by atoms with E-state index in [1.807, 2.05) is 0 Å². The first-order valence-corrected chi connectivity index (χ1v) is 3.77. The number of rotatable bonds is 2. The molecule has 6 heteroatoms. The van der Waals surface area contributed by atoms with Gasteiger partial charge in [0.25, 0.3) is 0 Å². The van der Waals surface area contributed by atoms with Gasteiger partial charge in [-0.05, 0) is 13.0 Å². The average Bonchev–Trinajstić information content (AvgIpc) is 2.01. The quantitative estimate of drug-likeness (QED) is 0.735. The van der Waals surface area contributed by atoms with Crippen molar-refractivity contribution in [3.63, 3.8) is 0 Å². The SMILES string of the molecule is CC(=O)Cc1cc(C(F)(F)F)ncn1. The van der Waals surface area contributed by atoms with E-state index in [0.717, 1.165) is 12.4 Å². The third-order valence-corrected chi connectivity index (χ3v) is 1.44. The molecule has 14 heavy (non-hydrogen) atoms. The Balaban J connectivity index is 2.95. The number of carbonyl (C=O) groups excluding carboxylic acids is 1. The Hall–Kier alpha value is -1.46. The molecule has 1 heterocycles. The lowest BCUT2D eigenvalue weighted by atomic mass is 10.2. The van der Waals surface area contributed by atoms with Crippen LogP contribution in [0.15, 0.2) is 12.4 Å². The highest BCUT2D eigenvalue weighted by molar-refractivity contribution is 5.77. The molecule has 0 fully saturated rings. The average molecular weight is 204 g/mol. The van der Waals surface area contributed by atoms with Crippen LogP contribution >= 0.6 is 0 Å². The molecule has 0 unspecified atom stereocenters. The summed E-state index contributed by atoms with van der Waals surface area (Å²) >= 11 is 0. The summed E-state index contributed by atoms with van der Waals surface area (Å²) in [5, 5.41) is 0. The second-order valence-electron chi connectivity index (χ2n) is 2.77. The number of alkyl halides is 3. The van der Waals surface area contributed by atoms with E-state index in [1.54, 1.807) is 0 Å². The van der Waals surface area contributed by atoms with E-state index in [4.69, 9.17) is 0 Å². The molecular weight excluding hydrogens is 197 g/mol. The zero-order valence-electron chi connectivity index (χ0n) is 7.30. The standard InChI is InChI=1S/C8H7F3N2O/c1-5(14)2-6-3-7(8(9,10)11)13-4-12-6/h3-4H,2H2,1H3. The van der Waals surface area contributed by atoms with Gasteiger partial charge in [-0.2, -0.15) is 13.2 Å². The second-order valence-corrected chi connectivity index (χ2v) is 2.77.